The number of rotatable bonds is 12. The van der Waals surface area contributed by atoms with E-state index in [2.05, 4.69) is 4.98 Å². The van der Waals surface area contributed by atoms with Gasteiger partial charge in [0.25, 0.3) is 0 Å². The molecule has 1 aromatic carbocycles. The summed E-state index contributed by atoms with van der Waals surface area (Å²) in [5.74, 6) is -5.37. The van der Waals surface area contributed by atoms with Crippen molar-refractivity contribution in [2.24, 2.45) is 5.41 Å². The number of esters is 1. The Balaban J connectivity index is 2.24. The zero-order chi connectivity index (χ0) is 23.7. The molecule has 32 heavy (non-hydrogen) atoms. The Morgan fingerprint density at radius 1 is 0.969 bits per heavy atom. The first-order valence-corrected chi connectivity index (χ1v) is 9.85. The SMILES string of the molecule is CC(=O)C(CCCCC(=O)O)(C(=O)O)C(=O)c1cncc(C(=O)OCc2ccccc2)c1. The third kappa shape index (κ3) is 5.84. The van der Waals surface area contributed by atoms with Gasteiger partial charge in [0.1, 0.15) is 6.61 Å². The van der Waals surface area contributed by atoms with Crippen LogP contribution >= 0.6 is 0 Å². The van der Waals surface area contributed by atoms with Gasteiger partial charge in [-0.15, -0.1) is 0 Å². The summed E-state index contributed by atoms with van der Waals surface area (Å²) < 4.78 is 5.20. The van der Waals surface area contributed by atoms with Crippen LogP contribution in [0.5, 0.6) is 0 Å². The molecule has 2 aromatic rings. The first kappa shape index (κ1) is 24.4. The molecular weight excluding hydrogens is 418 g/mol. The van der Waals surface area contributed by atoms with E-state index in [-0.39, 0.29) is 43.4 Å². The van der Waals surface area contributed by atoms with Crippen LogP contribution in [0.4, 0.5) is 0 Å². The second-order valence-electron chi connectivity index (χ2n) is 7.22. The number of ether oxygens (including phenoxy) is 1. The van der Waals surface area contributed by atoms with E-state index >= 15 is 0 Å². The summed E-state index contributed by atoms with van der Waals surface area (Å²) in [6, 6.07) is 10.1. The number of unbranched alkanes of at least 4 members (excludes halogenated alkanes) is 1. The number of hydrogen-bond acceptors (Lipinski definition) is 7. The molecule has 9 heteroatoms. The monoisotopic (exact) mass is 441 g/mol. The quantitative estimate of drug-likeness (QED) is 0.219. The largest absolute Gasteiger partial charge is 0.481 e. The zero-order valence-electron chi connectivity index (χ0n) is 17.4. The summed E-state index contributed by atoms with van der Waals surface area (Å²) in [5, 5.41) is 18.5. The van der Waals surface area contributed by atoms with E-state index < -0.39 is 34.9 Å². The van der Waals surface area contributed by atoms with Gasteiger partial charge in [-0.05, 0) is 31.4 Å². The second kappa shape index (κ2) is 10.9. The fourth-order valence-electron chi connectivity index (χ4n) is 3.20. The van der Waals surface area contributed by atoms with Crippen molar-refractivity contribution in [2.45, 2.75) is 39.2 Å². The summed E-state index contributed by atoms with van der Waals surface area (Å²) >= 11 is 0. The van der Waals surface area contributed by atoms with E-state index in [1.807, 2.05) is 6.07 Å². The highest BCUT2D eigenvalue weighted by atomic mass is 16.5. The van der Waals surface area contributed by atoms with E-state index in [1.54, 1.807) is 24.3 Å². The number of nitrogens with zero attached hydrogens (tertiary/aromatic N) is 1. The number of carbonyl (C=O) groups is 5. The minimum absolute atomic E-state index is 0.00602. The zero-order valence-corrected chi connectivity index (χ0v) is 17.4. The molecule has 0 fully saturated rings. The fraction of sp³-hybridized carbons (Fsp3) is 0.304. The number of carboxylic acid groups (broad SMARTS) is 2. The normalized spacial score (nSPS) is 12.4. The number of aromatic nitrogens is 1. The first-order chi connectivity index (χ1) is 15.2. The van der Waals surface area contributed by atoms with Gasteiger partial charge in [-0.1, -0.05) is 36.8 Å². The number of carboxylic acids is 2. The smallest absolute Gasteiger partial charge is 0.340 e. The molecular formula is C23H23NO8. The van der Waals surface area contributed by atoms with Gasteiger partial charge >= 0.3 is 17.9 Å². The van der Waals surface area contributed by atoms with Crippen LogP contribution in [0.3, 0.4) is 0 Å². The molecule has 168 valence electrons. The maximum Gasteiger partial charge on any atom is 0.340 e. The molecule has 0 aliphatic carbocycles. The molecule has 1 atom stereocenters. The van der Waals surface area contributed by atoms with Crippen molar-refractivity contribution < 1.29 is 38.9 Å². The molecule has 2 rings (SSSR count). The predicted molar refractivity (Wildman–Crippen MR) is 111 cm³/mol. The standard InChI is InChI=1S/C23H23NO8/c1-15(25)23(22(30)31,10-6-5-9-19(26)27)20(28)17-11-18(13-24-12-17)21(29)32-14-16-7-3-2-4-8-16/h2-4,7-8,11-13H,5-6,9-10,14H2,1H3,(H,26,27)(H,30,31). The van der Waals surface area contributed by atoms with Crippen LogP contribution in [0.25, 0.3) is 0 Å². The highest BCUT2D eigenvalue weighted by molar-refractivity contribution is 6.26. The Morgan fingerprint density at radius 3 is 2.22 bits per heavy atom. The Morgan fingerprint density at radius 2 is 1.62 bits per heavy atom. The fourth-order valence-corrected chi connectivity index (χ4v) is 3.20. The van der Waals surface area contributed by atoms with Gasteiger partial charge in [0.2, 0.25) is 0 Å². The number of Topliss-reactive ketones (excluding diaryl/α,β-unsaturated/α-hetero) is 2. The molecule has 0 spiro atoms. The lowest BCUT2D eigenvalue weighted by Crippen LogP contribution is -2.45. The first-order valence-electron chi connectivity index (χ1n) is 9.85. The minimum atomic E-state index is -2.40. The van der Waals surface area contributed by atoms with Crippen molar-refractivity contribution in [1.29, 1.82) is 0 Å². The topological polar surface area (TPSA) is 148 Å². The van der Waals surface area contributed by atoms with Crippen molar-refractivity contribution in [3.63, 3.8) is 0 Å². The molecule has 1 aromatic heterocycles. The van der Waals surface area contributed by atoms with Crippen molar-refractivity contribution in [3.05, 3.63) is 65.5 Å². The van der Waals surface area contributed by atoms with Gasteiger partial charge in [0.15, 0.2) is 17.0 Å². The molecule has 0 saturated carbocycles. The van der Waals surface area contributed by atoms with Crippen molar-refractivity contribution in [1.82, 2.24) is 4.98 Å². The molecule has 9 nitrogen and oxygen atoms in total. The number of aliphatic carboxylic acids is 2. The molecule has 0 radical (unpaired) electrons. The molecule has 2 N–H and O–H groups in total. The molecule has 1 heterocycles. The summed E-state index contributed by atoms with van der Waals surface area (Å²) in [7, 11) is 0. The molecule has 0 amide bonds. The highest BCUT2D eigenvalue weighted by Gasteiger charge is 2.50. The summed E-state index contributed by atoms with van der Waals surface area (Å²) in [4.78, 5) is 64.3. The number of ketones is 2. The summed E-state index contributed by atoms with van der Waals surface area (Å²) in [5.41, 5.74) is -1.94. The predicted octanol–water partition coefficient (Wildman–Crippen LogP) is 2.93. The average molecular weight is 441 g/mol. The van der Waals surface area contributed by atoms with Crippen LogP contribution in [0, 0.1) is 5.41 Å². The molecule has 0 saturated heterocycles. The van der Waals surface area contributed by atoms with Gasteiger partial charge in [0.05, 0.1) is 5.56 Å². The maximum atomic E-state index is 13.1. The van der Waals surface area contributed by atoms with Crippen LogP contribution in [0.2, 0.25) is 0 Å². The van der Waals surface area contributed by atoms with E-state index in [1.165, 1.54) is 6.20 Å². The van der Waals surface area contributed by atoms with Crippen LogP contribution < -0.4 is 0 Å². The third-order valence-electron chi connectivity index (χ3n) is 5.00. The Bertz CT molecular complexity index is 1000. The molecule has 0 aliphatic heterocycles. The number of pyridine rings is 1. The van der Waals surface area contributed by atoms with Gasteiger partial charge in [-0.2, -0.15) is 0 Å². The number of benzene rings is 1. The van der Waals surface area contributed by atoms with Crippen molar-refractivity contribution in [3.8, 4) is 0 Å². The van der Waals surface area contributed by atoms with Crippen LogP contribution in [0.15, 0.2) is 48.8 Å². The highest BCUT2D eigenvalue weighted by Crippen LogP contribution is 2.32. The summed E-state index contributed by atoms with van der Waals surface area (Å²) in [6.45, 7) is 0.989. The minimum Gasteiger partial charge on any atom is -0.481 e. The third-order valence-corrected chi connectivity index (χ3v) is 5.00. The Hall–Kier alpha value is -3.88. The van der Waals surface area contributed by atoms with Crippen LogP contribution in [-0.4, -0.2) is 44.7 Å². The van der Waals surface area contributed by atoms with Gasteiger partial charge in [-0.3, -0.25) is 24.2 Å². The summed E-state index contributed by atoms with van der Waals surface area (Å²) in [6.07, 6.45) is 1.81. The number of carbonyl (C=O) groups excluding carboxylic acids is 3. The van der Waals surface area contributed by atoms with E-state index in [0.29, 0.717) is 0 Å². The van der Waals surface area contributed by atoms with E-state index in [0.717, 1.165) is 24.8 Å². The van der Waals surface area contributed by atoms with Crippen LogP contribution in [-0.2, 0) is 25.7 Å². The van der Waals surface area contributed by atoms with E-state index in [9.17, 15) is 29.1 Å². The number of hydrogen-bond donors (Lipinski definition) is 2. The van der Waals surface area contributed by atoms with Gasteiger partial charge < -0.3 is 14.9 Å². The van der Waals surface area contributed by atoms with Gasteiger partial charge in [0, 0.05) is 24.4 Å². The lowest BCUT2D eigenvalue weighted by atomic mass is 9.73. The Labute approximate surface area is 184 Å². The molecule has 1 unspecified atom stereocenters. The lowest BCUT2D eigenvalue weighted by molar-refractivity contribution is -0.151. The maximum absolute atomic E-state index is 13.1. The average Bonchev–Trinajstić information content (AvgIpc) is 2.77. The Kier molecular flexibility index (Phi) is 8.34. The molecule has 0 aliphatic rings. The van der Waals surface area contributed by atoms with E-state index in [4.69, 9.17) is 9.84 Å². The molecule has 0 bridgehead atoms. The second-order valence-corrected chi connectivity index (χ2v) is 7.22. The lowest BCUT2D eigenvalue weighted by Gasteiger charge is -2.25. The van der Waals surface area contributed by atoms with Gasteiger partial charge in [-0.25, -0.2) is 4.79 Å². The van der Waals surface area contributed by atoms with Crippen LogP contribution in [0.1, 0.15) is 58.9 Å². The van der Waals surface area contributed by atoms with Crippen molar-refractivity contribution in [2.75, 3.05) is 0 Å². The van der Waals surface area contributed by atoms with Crippen molar-refractivity contribution >= 4 is 29.5 Å².